The van der Waals surface area contributed by atoms with E-state index in [9.17, 15) is 18.0 Å². The third kappa shape index (κ3) is 4.39. The number of hydrogen-bond donors (Lipinski definition) is 2. The lowest BCUT2D eigenvalue weighted by atomic mass is 10.0. The summed E-state index contributed by atoms with van der Waals surface area (Å²) in [6, 6.07) is 2.08. The zero-order valence-corrected chi connectivity index (χ0v) is 15.6. The third-order valence-corrected chi connectivity index (χ3v) is 4.47. The van der Waals surface area contributed by atoms with Crippen molar-refractivity contribution in [1.29, 1.82) is 5.26 Å². The van der Waals surface area contributed by atoms with Gasteiger partial charge in [0, 0.05) is 25.2 Å². The van der Waals surface area contributed by atoms with Crippen LogP contribution in [0.25, 0.3) is 0 Å². The van der Waals surface area contributed by atoms with Gasteiger partial charge in [-0.05, 0) is 19.9 Å². The molecule has 0 bridgehead atoms. The van der Waals surface area contributed by atoms with Gasteiger partial charge in [0.15, 0.2) is 5.69 Å². The molecule has 0 aromatic carbocycles. The monoisotopic (exact) mass is 402 g/mol. The summed E-state index contributed by atoms with van der Waals surface area (Å²) >= 11 is 0. The predicted octanol–water partition coefficient (Wildman–Crippen LogP) is 2.11. The molecule has 0 atom stereocenters. The van der Waals surface area contributed by atoms with Crippen LogP contribution in [-0.2, 0) is 16.5 Å². The van der Waals surface area contributed by atoms with Crippen LogP contribution in [-0.4, -0.2) is 33.8 Å². The predicted molar refractivity (Wildman–Crippen MR) is 97.4 cm³/mol. The Bertz CT molecular complexity index is 1030. The van der Waals surface area contributed by atoms with Gasteiger partial charge in [-0.25, -0.2) is 4.98 Å². The van der Waals surface area contributed by atoms with E-state index >= 15 is 0 Å². The Kier molecular flexibility index (Phi) is 5.31. The number of anilines is 1. The number of nitrogens with one attached hydrogen (secondary N) is 2. The molecule has 29 heavy (non-hydrogen) atoms. The minimum absolute atomic E-state index is 0.168. The highest BCUT2D eigenvalue weighted by Gasteiger charge is 2.36. The molecular weight excluding hydrogens is 385 g/mol. The number of hydrogen-bond acceptors (Lipinski definition) is 5. The first-order valence-corrected chi connectivity index (χ1v) is 8.67. The molecule has 1 aliphatic heterocycles. The van der Waals surface area contributed by atoms with E-state index in [-0.39, 0.29) is 5.69 Å². The number of amides is 1. The second-order valence-electron chi connectivity index (χ2n) is 7.04. The van der Waals surface area contributed by atoms with Crippen molar-refractivity contribution in [3.05, 3.63) is 41.5 Å². The first-order valence-electron chi connectivity index (χ1n) is 8.67. The fourth-order valence-electron chi connectivity index (χ4n) is 2.50. The maximum absolute atomic E-state index is 13.1. The van der Waals surface area contributed by atoms with Crippen LogP contribution in [0.15, 0.2) is 24.7 Å². The van der Waals surface area contributed by atoms with E-state index in [1.54, 1.807) is 20.0 Å². The fraction of sp³-hybridized carbons (Fsp3) is 0.368. The third-order valence-electron chi connectivity index (χ3n) is 4.47. The summed E-state index contributed by atoms with van der Waals surface area (Å²) in [6.45, 7) is 4.83. The summed E-state index contributed by atoms with van der Waals surface area (Å²) < 4.78 is 40.6. The van der Waals surface area contributed by atoms with E-state index in [4.69, 9.17) is 5.26 Å². The highest BCUT2D eigenvalue weighted by atomic mass is 19.4. The van der Waals surface area contributed by atoms with E-state index in [0.717, 1.165) is 19.3 Å². The van der Waals surface area contributed by atoms with Crippen LogP contribution in [0.2, 0.25) is 0 Å². The van der Waals surface area contributed by atoms with Crippen LogP contribution in [0.1, 0.15) is 30.7 Å². The number of alkyl halides is 3. The molecule has 0 saturated carbocycles. The Morgan fingerprint density at radius 1 is 1.34 bits per heavy atom. The largest absolute Gasteiger partial charge is 0.419 e. The molecule has 0 radical (unpaired) electrons. The summed E-state index contributed by atoms with van der Waals surface area (Å²) in [5.41, 5.74) is -2.70. The Balaban J connectivity index is 1.78. The van der Waals surface area contributed by atoms with Gasteiger partial charge in [-0.2, -0.15) is 23.5 Å². The maximum atomic E-state index is 13.1. The number of carbonyl (C=O) groups is 1. The summed E-state index contributed by atoms with van der Waals surface area (Å²) in [4.78, 5) is 16.2. The average Bonchev–Trinajstić information content (AvgIpc) is 3.09. The van der Waals surface area contributed by atoms with E-state index < -0.39 is 28.9 Å². The molecular formula is C19H17F3N6O. The van der Waals surface area contributed by atoms with Crippen molar-refractivity contribution in [2.24, 2.45) is 5.92 Å². The Labute approximate surface area is 164 Å². The summed E-state index contributed by atoms with van der Waals surface area (Å²) in [5, 5.41) is 18.5. The van der Waals surface area contributed by atoms with Crippen LogP contribution in [0.5, 0.6) is 0 Å². The molecule has 150 valence electrons. The van der Waals surface area contributed by atoms with Gasteiger partial charge in [-0.15, -0.1) is 0 Å². The SMILES string of the molecule is CC(C)(C(=O)Nc1cnc(C#N)c(C(F)(F)F)c1)n1cc(C#CC2CNC2)cn1. The standard InChI is InChI=1S/C19H17F3N6O/c1-18(2,28-11-13(9-26-28)4-3-12-7-24-8-12)17(29)27-14-5-15(19(20,21)22)16(6-23)25-10-14/h5,9-12,24H,7-8H2,1-2H3,(H,27,29). The highest BCUT2D eigenvalue weighted by molar-refractivity contribution is 5.96. The van der Waals surface area contributed by atoms with Gasteiger partial charge in [-0.3, -0.25) is 9.48 Å². The zero-order valence-electron chi connectivity index (χ0n) is 15.6. The number of aromatic nitrogens is 3. The van der Waals surface area contributed by atoms with Crippen molar-refractivity contribution in [2.45, 2.75) is 25.6 Å². The lowest BCUT2D eigenvalue weighted by molar-refractivity contribution is -0.138. The molecule has 2 aromatic rings. The molecule has 10 heteroatoms. The Morgan fingerprint density at radius 2 is 2.07 bits per heavy atom. The molecule has 3 rings (SSSR count). The molecule has 0 aliphatic carbocycles. The second kappa shape index (κ2) is 7.57. The Morgan fingerprint density at radius 3 is 2.66 bits per heavy atom. The molecule has 7 nitrogen and oxygen atoms in total. The number of carbonyl (C=O) groups excluding carboxylic acids is 1. The van der Waals surface area contributed by atoms with E-state index in [1.165, 1.54) is 16.9 Å². The molecule has 2 N–H and O–H groups in total. The van der Waals surface area contributed by atoms with Crippen molar-refractivity contribution < 1.29 is 18.0 Å². The van der Waals surface area contributed by atoms with Gasteiger partial charge in [0.2, 0.25) is 0 Å². The molecule has 1 amide bonds. The van der Waals surface area contributed by atoms with Crippen LogP contribution in [0.3, 0.4) is 0 Å². The van der Waals surface area contributed by atoms with Crippen molar-refractivity contribution in [3.63, 3.8) is 0 Å². The number of halogens is 3. The molecule has 0 spiro atoms. The minimum atomic E-state index is -4.76. The molecule has 1 aliphatic rings. The first kappa shape index (κ1) is 20.4. The summed E-state index contributed by atoms with van der Waals surface area (Å²) in [5.74, 6) is 5.79. The van der Waals surface area contributed by atoms with Crippen molar-refractivity contribution in [3.8, 4) is 17.9 Å². The zero-order chi connectivity index (χ0) is 21.2. The molecule has 3 heterocycles. The van der Waals surface area contributed by atoms with E-state index in [2.05, 4.69) is 32.6 Å². The maximum Gasteiger partial charge on any atom is 0.419 e. The lowest BCUT2D eigenvalue weighted by Crippen LogP contribution is -2.41. The Hall–Kier alpha value is -3.37. The lowest BCUT2D eigenvalue weighted by Gasteiger charge is -2.24. The van der Waals surface area contributed by atoms with Gasteiger partial charge in [0.05, 0.1) is 29.2 Å². The van der Waals surface area contributed by atoms with Gasteiger partial charge in [-0.1, -0.05) is 11.8 Å². The first-order chi connectivity index (χ1) is 13.6. The van der Waals surface area contributed by atoms with E-state index in [1.807, 2.05) is 0 Å². The summed E-state index contributed by atoms with van der Waals surface area (Å²) in [6.07, 6.45) is -0.621. The van der Waals surface area contributed by atoms with Gasteiger partial charge >= 0.3 is 6.18 Å². The summed E-state index contributed by atoms with van der Waals surface area (Å²) in [7, 11) is 0. The van der Waals surface area contributed by atoms with E-state index in [0.29, 0.717) is 17.5 Å². The molecule has 2 aromatic heterocycles. The van der Waals surface area contributed by atoms with Gasteiger partial charge < -0.3 is 10.6 Å². The van der Waals surface area contributed by atoms with Crippen molar-refractivity contribution >= 4 is 11.6 Å². The minimum Gasteiger partial charge on any atom is -0.323 e. The van der Waals surface area contributed by atoms with Crippen LogP contribution >= 0.6 is 0 Å². The average molecular weight is 402 g/mol. The van der Waals surface area contributed by atoms with Crippen molar-refractivity contribution in [2.75, 3.05) is 18.4 Å². The number of nitrogens with zero attached hydrogens (tertiary/aromatic N) is 4. The smallest absolute Gasteiger partial charge is 0.323 e. The van der Waals surface area contributed by atoms with Crippen LogP contribution < -0.4 is 10.6 Å². The molecule has 1 saturated heterocycles. The highest BCUT2D eigenvalue weighted by Crippen LogP contribution is 2.32. The van der Waals surface area contributed by atoms with Crippen LogP contribution in [0.4, 0.5) is 18.9 Å². The molecule has 1 fully saturated rings. The second-order valence-corrected chi connectivity index (χ2v) is 7.04. The molecule has 0 unspecified atom stereocenters. The number of pyridine rings is 1. The van der Waals surface area contributed by atoms with Gasteiger partial charge in [0.25, 0.3) is 5.91 Å². The van der Waals surface area contributed by atoms with Crippen molar-refractivity contribution in [1.82, 2.24) is 20.1 Å². The quantitative estimate of drug-likeness (QED) is 0.767. The van der Waals surface area contributed by atoms with Gasteiger partial charge in [0.1, 0.15) is 11.6 Å². The van der Waals surface area contributed by atoms with Crippen LogP contribution in [0, 0.1) is 29.1 Å². The number of rotatable bonds is 3. The normalized spacial score (nSPS) is 14.3. The fourth-order valence-corrected chi connectivity index (χ4v) is 2.50. The number of nitriles is 1. The topological polar surface area (TPSA) is 95.6 Å².